The number of aryl methyl sites for hydroxylation is 1. The molecule has 0 spiro atoms. The number of hydrogen-bond acceptors (Lipinski definition) is 2. The van der Waals surface area contributed by atoms with E-state index in [2.05, 4.69) is 13.8 Å². The largest absolute Gasteiger partial charge is 0.490 e. The molecule has 0 fully saturated rings. The van der Waals surface area contributed by atoms with Crippen LogP contribution in [0.1, 0.15) is 32.3 Å². The van der Waals surface area contributed by atoms with Gasteiger partial charge in [0.05, 0.1) is 4.99 Å². The van der Waals surface area contributed by atoms with Crippen LogP contribution in [-0.4, -0.2) is 11.1 Å². The van der Waals surface area contributed by atoms with Crippen LogP contribution in [0.4, 0.5) is 0 Å². The summed E-state index contributed by atoms with van der Waals surface area (Å²) in [6, 6.07) is 5.72. The van der Waals surface area contributed by atoms with Crippen molar-refractivity contribution < 1.29 is 4.74 Å². The normalized spacial score (nSPS) is 12.2. The van der Waals surface area contributed by atoms with Crippen molar-refractivity contribution in [3.63, 3.8) is 0 Å². The summed E-state index contributed by atoms with van der Waals surface area (Å²) in [6.07, 6.45) is 2.41. The molecule has 0 saturated heterocycles. The molecule has 2 nitrogen and oxygen atoms in total. The Balaban J connectivity index is 2.75. The molecular weight excluding hydrogens is 254 g/mol. The maximum Gasteiger partial charge on any atom is 0.120 e. The molecule has 0 amide bonds. The fraction of sp³-hybridized carbons (Fsp3) is 0.462. The second kappa shape index (κ2) is 6.82. The first-order valence-corrected chi connectivity index (χ1v) is 6.58. The first kappa shape index (κ1) is 14.3. The quantitative estimate of drug-likeness (QED) is 0.801. The average molecular weight is 272 g/mol. The highest BCUT2D eigenvalue weighted by Gasteiger charge is 2.10. The zero-order valence-corrected chi connectivity index (χ0v) is 11.8. The van der Waals surface area contributed by atoms with Crippen molar-refractivity contribution in [2.75, 3.05) is 0 Å². The highest BCUT2D eigenvalue weighted by atomic mass is 35.5. The van der Waals surface area contributed by atoms with Gasteiger partial charge in [-0.2, -0.15) is 0 Å². The zero-order valence-electron chi connectivity index (χ0n) is 10.2. The summed E-state index contributed by atoms with van der Waals surface area (Å²) in [7, 11) is 0. The van der Waals surface area contributed by atoms with Crippen LogP contribution in [0.5, 0.6) is 5.75 Å². The SMILES string of the molecule is CCc1cc(OC(CC)CC(N)=S)ccc1Cl. The van der Waals surface area contributed by atoms with E-state index in [0.717, 1.165) is 29.2 Å². The predicted molar refractivity (Wildman–Crippen MR) is 76.9 cm³/mol. The second-order valence-corrected chi connectivity index (χ2v) is 4.86. The Labute approximate surface area is 113 Å². The van der Waals surface area contributed by atoms with E-state index < -0.39 is 0 Å². The lowest BCUT2D eigenvalue weighted by molar-refractivity contribution is 0.205. The second-order valence-electron chi connectivity index (χ2n) is 3.93. The Hall–Kier alpha value is -0.800. The zero-order chi connectivity index (χ0) is 12.8. The van der Waals surface area contributed by atoms with Crippen LogP contribution < -0.4 is 10.5 Å². The van der Waals surface area contributed by atoms with Crippen molar-refractivity contribution in [2.45, 2.75) is 39.2 Å². The minimum atomic E-state index is 0.0402. The summed E-state index contributed by atoms with van der Waals surface area (Å²) in [6.45, 7) is 4.12. The van der Waals surface area contributed by atoms with Crippen molar-refractivity contribution in [3.05, 3.63) is 28.8 Å². The predicted octanol–water partition coefficient (Wildman–Crippen LogP) is 3.74. The number of halogens is 1. The highest BCUT2D eigenvalue weighted by Crippen LogP contribution is 2.24. The lowest BCUT2D eigenvalue weighted by Crippen LogP contribution is -2.23. The molecule has 1 aromatic carbocycles. The van der Waals surface area contributed by atoms with Gasteiger partial charge in [0, 0.05) is 11.4 Å². The molecule has 0 heterocycles. The fourth-order valence-electron chi connectivity index (χ4n) is 1.58. The molecule has 1 aromatic rings. The third kappa shape index (κ3) is 4.52. The van der Waals surface area contributed by atoms with Gasteiger partial charge in [-0.1, -0.05) is 37.7 Å². The fourth-order valence-corrected chi connectivity index (χ4v) is 2.02. The van der Waals surface area contributed by atoms with Crippen LogP contribution in [0.25, 0.3) is 0 Å². The van der Waals surface area contributed by atoms with E-state index in [-0.39, 0.29) is 6.10 Å². The van der Waals surface area contributed by atoms with Crippen LogP contribution in [0.2, 0.25) is 5.02 Å². The number of nitrogens with two attached hydrogens (primary N) is 1. The van der Waals surface area contributed by atoms with Crippen molar-refractivity contribution in [3.8, 4) is 5.75 Å². The van der Waals surface area contributed by atoms with Gasteiger partial charge in [-0.3, -0.25) is 0 Å². The topological polar surface area (TPSA) is 35.2 Å². The molecule has 0 aliphatic rings. The molecule has 1 rings (SSSR count). The summed E-state index contributed by atoms with van der Waals surface area (Å²) in [5, 5.41) is 0.780. The minimum absolute atomic E-state index is 0.0402. The standard InChI is InChI=1S/C13H18ClNOS/c1-3-9-7-11(5-6-12(9)14)16-10(4-2)8-13(15)17/h5-7,10H,3-4,8H2,1-2H3,(H2,15,17). The number of benzene rings is 1. The average Bonchev–Trinajstić information content (AvgIpc) is 2.30. The monoisotopic (exact) mass is 271 g/mol. The van der Waals surface area contributed by atoms with Gasteiger partial charge < -0.3 is 10.5 Å². The summed E-state index contributed by atoms with van der Waals surface area (Å²) in [5.41, 5.74) is 6.63. The van der Waals surface area contributed by atoms with Crippen molar-refractivity contribution in [2.24, 2.45) is 5.73 Å². The maximum atomic E-state index is 6.05. The van der Waals surface area contributed by atoms with Crippen LogP contribution >= 0.6 is 23.8 Å². The summed E-state index contributed by atoms with van der Waals surface area (Å²) < 4.78 is 5.85. The molecular formula is C13H18ClNOS. The van der Waals surface area contributed by atoms with E-state index in [0.29, 0.717) is 11.4 Å². The van der Waals surface area contributed by atoms with Gasteiger partial charge in [0.1, 0.15) is 11.9 Å². The molecule has 17 heavy (non-hydrogen) atoms. The maximum absolute atomic E-state index is 6.05. The van der Waals surface area contributed by atoms with Crippen LogP contribution in [0.3, 0.4) is 0 Å². The van der Waals surface area contributed by atoms with Gasteiger partial charge in [0.2, 0.25) is 0 Å². The third-order valence-corrected chi connectivity index (χ3v) is 3.12. The third-order valence-electron chi connectivity index (χ3n) is 2.59. The highest BCUT2D eigenvalue weighted by molar-refractivity contribution is 7.80. The lowest BCUT2D eigenvalue weighted by Gasteiger charge is -2.17. The van der Waals surface area contributed by atoms with Crippen LogP contribution in [0, 0.1) is 0 Å². The molecule has 2 N–H and O–H groups in total. The van der Waals surface area contributed by atoms with Gasteiger partial charge in [-0.05, 0) is 36.6 Å². The summed E-state index contributed by atoms with van der Waals surface area (Å²) in [4.78, 5) is 0.488. The first-order chi connectivity index (χ1) is 8.06. The Bertz CT molecular complexity index is 395. The Morgan fingerprint density at radius 2 is 2.18 bits per heavy atom. The van der Waals surface area contributed by atoms with Gasteiger partial charge in [-0.25, -0.2) is 0 Å². The van der Waals surface area contributed by atoms with Gasteiger partial charge >= 0.3 is 0 Å². The molecule has 1 unspecified atom stereocenters. The molecule has 1 atom stereocenters. The van der Waals surface area contributed by atoms with E-state index in [9.17, 15) is 0 Å². The van der Waals surface area contributed by atoms with Crippen LogP contribution in [0.15, 0.2) is 18.2 Å². The van der Waals surface area contributed by atoms with Crippen LogP contribution in [-0.2, 0) is 6.42 Å². The van der Waals surface area contributed by atoms with Crippen molar-refractivity contribution in [1.82, 2.24) is 0 Å². The van der Waals surface area contributed by atoms with E-state index in [1.807, 2.05) is 18.2 Å². The number of rotatable bonds is 6. The van der Waals surface area contributed by atoms with E-state index >= 15 is 0 Å². The minimum Gasteiger partial charge on any atom is -0.490 e. The number of ether oxygens (including phenoxy) is 1. The number of hydrogen-bond donors (Lipinski definition) is 1. The molecule has 4 heteroatoms. The lowest BCUT2D eigenvalue weighted by atomic mass is 10.1. The number of thiocarbonyl (C=S) groups is 1. The van der Waals surface area contributed by atoms with E-state index in [1.54, 1.807) is 0 Å². The van der Waals surface area contributed by atoms with E-state index in [1.165, 1.54) is 0 Å². The smallest absolute Gasteiger partial charge is 0.120 e. The molecule has 0 bridgehead atoms. The van der Waals surface area contributed by atoms with Crippen molar-refractivity contribution in [1.29, 1.82) is 0 Å². The molecule has 0 aliphatic carbocycles. The molecule has 0 aromatic heterocycles. The van der Waals surface area contributed by atoms with E-state index in [4.69, 9.17) is 34.3 Å². The Morgan fingerprint density at radius 1 is 1.47 bits per heavy atom. The Kier molecular flexibility index (Phi) is 5.72. The first-order valence-electron chi connectivity index (χ1n) is 5.80. The molecule has 94 valence electrons. The van der Waals surface area contributed by atoms with Crippen molar-refractivity contribution >= 4 is 28.8 Å². The molecule has 0 aliphatic heterocycles. The van der Waals surface area contributed by atoms with Gasteiger partial charge in [0.25, 0.3) is 0 Å². The summed E-state index contributed by atoms with van der Waals surface area (Å²) in [5.74, 6) is 0.828. The summed E-state index contributed by atoms with van der Waals surface area (Å²) >= 11 is 11.0. The van der Waals surface area contributed by atoms with Gasteiger partial charge in [-0.15, -0.1) is 0 Å². The Morgan fingerprint density at radius 3 is 2.71 bits per heavy atom. The molecule has 0 saturated carbocycles. The molecule has 0 radical (unpaired) electrons. The van der Waals surface area contributed by atoms with Gasteiger partial charge in [0.15, 0.2) is 0 Å².